The zero-order chi connectivity index (χ0) is 6.15. The van der Waals surface area contributed by atoms with E-state index >= 15 is 0 Å². The Hall–Kier alpha value is 0.479. The monoisotopic (exact) mass is 179 g/mol. The quantitative estimate of drug-likeness (QED) is 0.542. The summed E-state index contributed by atoms with van der Waals surface area (Å²) < 4.78 is 0. The molecule has 3 unspecified atom stereocenters. The molecule has 1 heterocycles. The average Bonchev–Trinajstić information content (AvgIpc) is 1.85. The molecule has 48 valence electrons. The van der Waals surface area contributed by atoms with Crippen molar-refractivity contribution >= 4 is 15.0 Å². The number of hydrogen-bond donors (Lipinski definition) is 1. The van der Waals surface area contributed by atoms with Gasteiger partial charge < -0.3 is 0 Å². The van der Waals surface area contributed by atoms with Crippen LogP contribution in [0.25, 0.3) is 0 Å². The van der Waals surface area contributed by atoms with E-state index < -0.39 is 0 Å². The molecule has 0 amide bonds. The van der Waals surface area contributed by atoms with Crippen LogP contribution in [0.15, 0.2) is 0 Å². The molecule has 3 atom stereocenters. The molecule has 0 saturated carbocycles. The van der Waals surface area contributed by atoms with Crippen molar-refractivity contribution in [3.8, 4) is 0 Å². The summed E-state index contributed by atoms with van der Waals surface area (Å²) in [5.41, 5.74) is 0. The molecule has 1 aliphatic heterocycles. The molecule has 0 radical (unpaired) electrons. The van der Waals surface area contributed by atoms with Gasteiger partial charge in [0.2, 0.25) is 0 Å². The van der Waals surface area contributed by atoms with Crippen LogP contribution in [-0.4, -0.2) is 25.9 Å². The summed E-state index contributed by atoms with van der Waals surface area (Å²) in [6.45, 7) is 6.89. The second-order valence-electron chi connectivity index (χ2n) is 2.44. The first-order valence-electron chi connectivity index (χ1n) is 3.11. The van der Waals surface area contributed by atoms with Crippen molar-refractivity contribution in [2.45, 2.75) is 36.6 Å². The van der Waals surface area contributed by atoms with Crippen molar-refractivity contribution < 1.29 is 0 Å². The third kappa shape index (κ3) is 1.25. The molecule has 1 aliphatic rings. The van der Waals surface area contributed by atoms with Crippen molar-refractivity contribution in [2.24, 2.45) is 0 Å². The summed E-state index contributed by atoms with van der Waals surface area (Å²) in [4.78, 5) is 1.75. The van der Waals surface area contributed by atoms with Crippen molar-refractivity contribution in [2.75, 3.05) is 0 Å². The van der Waals surface area contributed by atoms with Crippen LogP contribution >= 0.6 is 0 Å². The zero-order valence-electron chi connectivity index (χ0n) is 5.64. The molecule has 0 aliphatic carbocycles. The van der Waals surface area contributed by atoms with Crippen LogP contribution in [0.2, 0.25) is 4.82 Å². The SMILES string of the molecule is CC1NC(C)C(C)[Se]1. The first kappa shape index (κ1) is 6.60. The van der Waals surface area contributed by atoms with Gasteiger partial charge in [-0.1, -0.05) is 0 Å². The molecule has 1 saturated heterocycles. The Kier molecular flexibility index (Phi) is 1.97. The molecule has 1 rings (SSSR count). The molecule has 1 N–H and O–H groups in total. The van der Waals surface area contributed by atoms with Gasteiger partial charge in [0.25, 0.3) is 0 Å². The second-order valence-corrected chi connectivity index (χ2v) is 6.05. The van der Waals surface area contributed by atoms with Crippen molar-refractivity contribution in [1.29, 1.82) is 0 Å². The van der Waals surface area contributed by atoms with E-state index in [9.17, 15) is 0 Å². The van der Waals surface area contributed by atoms with Gasteiger partial charge in [0.1, 0.15) is 0 Å². The Labute approximate surface area is 57.4 Å². The fourth-order valence-electron chi connectivity index (χ4n) is 0.985. The fraction of sp³-hybridized carbons (Fsp3) is 1.00. The van der Waals surface area contributed by atoms with Crippen molar-refractivity contribution in [1.82, 2.24) is 5.32 Å². The molecule has 1 fully saturated rings. The summed E-state index contributed by atoms with van der Waals surface area (Å²) >= 11 is 0.847. The maximum absolute atomic E-state index is 3.49. The Balaban J connectivity index is 2.39. The Morgan fingerprint density at radius 2 is 1.88 bits per heavy atom. The topological polar surface area (TPSA) is 12.0 Å². The predicted octanol–water partition coefficient (Wildman–Crippen LogP) is 0.837. The molecule has 0 bridgehead atoms. The van der Waals surface area contributed by atoms with E-state index in [0.29, 0.717) is 0 Å². The van der Waals surface area contributed by atoms with Crippen LogP contribution in [0, 0.1) is 0 Å². The number of nitrogens with one attached hydrogen (secondary N) is 1. The summed E-state index contributed by atoms with van der Waals surface area (Å²) in [5, 5.41) is 3.49. The minimum absolute atomic E-state index is 0.769. The van der Waals surface area contributed by atoms with Gasteiger partial charge in [0.05, 0.1) is 0 Å². The van der Waals surface area contributed by atoms with Gasteiger partial charge in [-0.15, -0.1) is 0 Å². The van der Waals surface area contributed by atoms with Crippen LogP contribution in [0.3, 0.4) is 0 Å². The molecule has 0 spiro atoms. The number of rotatable bonds is 0. The predicted molar refractivity (Wildman–Crippen MR) is 37.2 cm³/mol. The van der Waals surface area contributed by atoms with Gasteiger partial charge in [-0.05, 0) is 0 Å². The standard InChI is InChI=1S/C6H13NSe/c1-4-5(2)8-6(3)7-4/h4-7H,1-3H3. The van der Waals surface area contributed by atoms with E-state index in [1.807, 2.05) is 0 Å². The van der Waals surface area contributed by atoms with Crippen LogP contribution < -0.4 is 5.32 Å². The minimum atomic E-state index is 0.769. The normalized spacial score (nSPS) is 47.6. The molecule has 0 aromatic heterocycles. The van der Waals surface area contributed by atoms with Gasteiger partial charge in [-0.25, -0.2) is 0 Å². The number of hydrogen-bond acceptors (Lipinski definition) is 1. The first-order valence-corrected chi connectivity index (χ1v) is 5.09. The molecule has 0 aromatic carbocycles. The summed E-state index contributed by atoms with van der Waals surface area (Å²) in [6, 6.07) is 0.769. The molecular weight excluding hydrogens is 165 g/mol. The van der Waals surface area contributed by atoms with E-state index in [1.165, 1.54) is 0 Å². The third-order valence-electron chi connectivity index (χ3n) is 1.62. The molecular formula is C6H13NSe. The average molecular weight is 178 g/mol. The Bertz CT molecular complexity index is 74.6. The molecule has 2 heteroatoms. The molecule has 0 aromatic rings. The molecule has 1 nitrogen and oxygen atoms in total. The maximum atomic E-state index is 3.49. The Morgan fingerprint density at radius 3 is 2.00 bits per heavy atom. The van der Waals surface area contributed by atoms with Crippen LogP contribution in [0.1, 0.15) is 20.8 Å². The summed E-state index contributed by atoms with van der Waals surface area (Å²) in [6.07, 6.45) is 0. The molecule has 8 heavy (non-hydrogen) atoms. The van der Waals surface area contributed by atoms with E-state index in [1.54, 1.807) is 0 Å². The first-order chi connectivity index (χ1) is 3.70. The van der Waals surface area contributed by atoms with E-state index in [0.717, 1.165) is 30.8 Å². The van der Waals surface area contributed by atoms with Crippen molar-refractivity contribution in [3.63, 3.8) is 0 Å². The second kappa shape index (κ2) is 2.38. The van der Waals surface area contributed by atoms with E-state index in [2.05, 4.69) is 26.1 Å². The van der Waals surface area contributed by atoms with Gasteiger partial charge in [-0.2, -0.15) is 0 Å². The van der Waals surface area contributed by atoms with Crippen LogP contribution in [0.4, 0.5) is 0 Å². The summed E-state index contributed by atoms with van der Waals surface area (Å²) in [7, 11) is 0. The summed E-state index contributed by atoms with van der Waals surface area (Å²) in [5.74, 6) is 0. The van der Waals surface area contributed by atoms with Gasteiger partial charge >= 0.3 is 56.8 Å². The third-order valence-corrected chi connectivity index (χ3v) is 4.52. The Morgan fingerprint density at radius 1 is 1.25 bits per heavy atom. The zero-order valence-corrected chi connectivity index (χ0v) is 7.35. The van der Waals surface area contributed by atoms with Crippen LogP contribution in [-0.2, 0) is 0 Å². The van der Waals surface area contributed by atoms with E-state index in [4.69, 9.17) is 0 Å². The van der Waals surface area contributed by atoms with E-state index in [-0.39, 0.29) is 0 Å². The van der Waals surface area contributed by atoms with Crippen LogP contribution in [0.5, 0.6) is 0 Å². The van der Waals surface area contributed by atoms with Gasteiger partial charge in [0.15, 0.2) is 0 Å². The fourth-order valence-corrected chi connectivity index (χ4v) is 3.61. The van der Waals surface area contributed by atoms with Crippen molar-refractivity contribution in [3.05, 3.63) is 0 Å². The van der Waals surface area contributed by atoms with Gasteiger partial charge in [-0.3, -0.25) is 0 Å². The van der Waals surface area contributed by atoms with Gasteiger partial charge in [0, 0.05) is 0 Å².